The average molecular weight is 150 g/mol. The number of rotatable bonds is 2. The van der Waals surface area contributed by atoms with Crippen molar-refractivity contribution in [3.63, 3.8) is 0 Å². The molecular weight excluding hydrogens is 139 g/mol. The van der Waals surface area contributed by atoms with Crippen molar-refractivity contribution in [3.8, 4) is 5.75 Å². The molecule has 0 saturated heterocycles. The van der Waals surface area contributed by atoms with Crippen molar-refractivity contribution in [2.24, 2.45) is 0 Å². The van der Waals surface area contributed by atoms with Gasteiger partial charge in [0.2, 0.25) is 0 Å². The van der Waals surface area contributed by atoms with E-state index in [1.54, 1.807) is 6.82 Å². The van der Waals surface area contributed by atoms with E-state index in [4.69, 9.17) is 9.68 Å². The predicted octanol–water partition coefficient (Wildman–Crippen LogP) is 1.48. The lowest BCUT2D eigenvalue weighted by Crippen LogP contribution is -2.16. The summed E-state index contributed by atoms with van der Waals surface area (Å²) in [6.45, 7) is 3.53. The fourth-order valence-electron chi connectivity index (χ4n) is 0.872. The lowest BCUT2D eigenvalue weighted by molar-refractivity contribution is 0.422. The van der Waals surface area contributed by atoms with Crippen LogP contribution in [0.3, 0.4) is 0 Å². The van der Waals surface area contributed by atoms with Gasteiger partial charge in [0.25, 0.3) is 0 Å². The van der Waals surface area contributed by atoms with Crippen molar-refractivity contribution in [2.75, 3.05) is 0 Å². The fourth-order valence-corrected chi connectivity index (χ4v) is 0.872. The first kappa shape index (κ1) is 8.14. The smallest absolute Gasteiger partial charge is 0.519 e. The van der Waals surface area contributed by atoms with Crippen LogP contribution in [0.1, 0.15) is 5.56 Å². The summed E-state index contributed by atoms with van der Waals surface area (Å²) in [6.07, 6.45) is 0. The standard InChI is InChI=1S/C8H11BO2/c1-7-5-3-4-6-8(7)11-9(2)10/h3-6,10H,1-2H3. The summed E-state index contributed by atoms with van der Waals surface area (Å²) < 4.78 is 5.10. The maximum atomic E-state index is 8.91. The zero-order valence-corrected chi connectivity index (χ0v) is 6.74. The van der Waals surface area contributed by atoms with Crippen molar-refractivity contribution >= 4 is 7.12 Å². The molecule has 0 fully saturated rings. The number of hydrogen-bond donors (Lipinski definition) is 1. The van der Waals surface area contributed by atoms with E-state index >= 15 is 0 Å². The number of aryl methyl sites for hydroxylation is 1. The van der Waals surface area contributed by atoms with E-state index in [2.05, 4.69) is 0 Å². The number of para-hydroxylation sites is 1. The molecular formula is C8H11BO2. The molecule has 3 heteroatoms. The molecule has 1 aromatic carbocycles. The molecule has 0 bridgehead atoms. The molecule has 2 nitrogen and oxygen atoms in total. The van der Waals surface area contributed by atoms with Crippen molar-refractivity contribution in [2.45, 2.75) is 13.7 Å². The van der Waals surface area contributed by atoms with E-state index in [1.165, 1.54) is 0 Å². The fraction of sp³-hybridized carbons (Fsp3) is 0.250. The Bertz CT molecular complexity index is 235. The Kier molecular flexibility index (Phi) is 2.55. The molecule has 0 aliphatic rings. The SMILES string of the molecule is CB(O)Oc1ccccc1C. The summed E-state index contributed by atoms with van der Waals surface area (Å²) in [4.78, 5) is 0. The number of hydrogen-bond acceptors (Lipinski definition) is 2. The van der Waals surface area contributed by atoms with Crippen LogP contribution in [0.4, 0.5) is 0 Å². The van der Waals surface area contributed by atoms with Gasteiger partial charge in [0.1, 0.15) is 5.75 Å². The van der Waals surface area contributed by atoms with Gasteiger partial charge in [0.15, 0.2) is 0 Å². The van der Waals surface area contributed by atoms with Gasteiger partial charge < -0.3 is 9.68 Å². The molecule has 0 saturated carbocycles. The molecule has 1 aromatic rings. The van der Waals surface area contributed by atoms with E-state index in [0.29, 0.717) is 0 Å². The van der Waals surface area contributed by atoms with Gasteiger partial charge in [-0.05, 0) is 25.4 Å². The zero-order valence-electron chi connectivity index (χ0n) is 6.74. The van der Waals surface area contributed by atoms with Crippen LogP contribution in [0.25, 0.3) is 0 Å². The molecule has 0 spiro atoms. The molecule has 0 radical (unpaired) electrons. The lowest BCUT2D eigenvalue weighted by atomic mass is 9.96. The molecule has 0 heterocycles. The maximum absolute atomic E-state index is 8.91. The van der Waals surface area contributed by atoms with Crippen LogP contribution in [0.2, 0.25) is 6.82 Å². The number of benzene rings is 1. The van der Waals surface area contributed by atoms with E-state index < -0.39 is 7.12 Å². The third kappa shape index (κ3) is 2.28. The van der Waals surface area contributed by atoms with Gasteiger partial charge in [-0.1, -0.05) is 18.2 Å². The summed E-state index contributed by atoms with van der Waals surface area (Å²) in [7, 11) is -0.740. The first-order chi connectivity index (χ1) is 5.20. The van der Waals surface area contributed by atoms with Crippen molar-refractivity contribution in [1.82, 2.24) is 0 Å². The molecule has 58 valence electrons. The minimum atomic E-state index is -0.740. The summed E-state index contributed by atoms with van der Waals surface area (Å²) >= 11 is 0. The third-order valence-corrected chi connectivity index (χ3v) is 1.39. The Morgan fingerprint density at radius 2 is 2.00 bits per heavy atom. The van der Waals surface area contributed by atoms with Gasteiger partial charge in [-0.15, -0.1) is 0 Å². The topological polar surface area (TPSA) is 29.5 Å². The molecule has 0 amide bonds. The Labute approximate surface area is 67.0 Å². The highest BCUT2D eigenvalue weighted by Gasteiger charge is 2.06. The Balaban J connectivity index is 2.78. The lowest BCUT2D eigenvalue weighted by Gasteiger charge is -2.07. The third-order valence-electron chi connectivity index (χ3n) is 1.39. The van der Waals surface area contributed by atoms with Crippen molar-refractivity contribution < 1.29 is 9.68 Å². The van der Waals surface area contributed by atoms with Gasteiger partial charge in [-0.3, -0.25) is 0 Å². The molecule has 11 heavy (non-hydrogen) atoms. The van der Waals surface area contributed by atoms with Gasteiger partial charge in [0.05, 0.1) is 0 Å². The van der Waals surface area contributed by atoms with Crippen LogP contribution in [0.5, 0.6) is 5.75 Å². The van der Waals surface area contributed by atoms with E-state index in [1.807, 2.05) is 31.2 Å². The summed E-state index contributed by atoms with van der Waals surface area (Å²) in [5.41, 5.74) is 1.04. The monoisotopic (exact) mass is 150 g/mol. The van der Waals surface area contributed by atoms with Crippen LogP contribution < -0.4 is 4.65 Å². The van der Waals surface area contributed by atoms with Gasteiger partial charge >= 0.3 is 7.12 Å². The van der Waals surface area contributed by atoms with Gasteiger partial charge in [-0.25, -0.2) is 0 Å². The molecule has 0 atom stereocenters. The molecule has 1 N–H and O–H groups in total. The van der Waals surface area contributed by atoms with E-state index in [9.17, 15) is 0 Å². The van der Waals surface area contributed by atoms with Crippen LogP contribution in [-0.4, -0.2) is 12.1 Å². The minimum absolute atomic E-state index is 0.738. The largest absolute Gasteiger partial charge is 0.536 e. The van der Waals surface area contributed by atoms with E-state index in [-0.39, 0.29) is 0 Å². The van der Waals surface area contributed by atoms with Crippen LogP contribution in [-0.2, 0) is 0 Å². The highest BCUT2D eigenvalue weighted by atomic mass is 16.5. The van der Waals surface area contributed by atoms with Crippen LogP contribution in [0, 0.1) is 6.92 Å². The average Bonchev–Trinajstić information content (AvgIpc) is 1.93. The molecule has 0 aliphatic heterocycles. The predicted molar refractivity (Wildman–Crippen MR) is 45.6 cm³/mol. The Morgan fingerprint density at radius 1 is 1.36 bits per heavy atom. The molecule has 0 aromatic heterocycles. The summed E-state index contributed by atoms with van der Waals surface area (Å²) in [5, 5.41) is 8.91. The second-order valence-corrected chi connectivity index (χ2v) is 2.48. The van der Waals surface area contributed by atoms with Crippen molar-refractivity contribution in [3.05, 3.63) is 29.8 Å². The minimum Gasteiger partial charge on any atom is -0.536 e. The quantitative estimate of drug-likeness (QED) is 0.647. The summed E-state index contributed by atoms with van der Waals surface area (Å²) in [5.74, 6) is 0.738. The highest BCUT2D eigenvalue weighted by molar-refractivity contribution is 6.41. The Morgan fingerprint density at radius 3 is 2.55 bits per heavy atom. The van der Waals surface area contributed by atoms with Crippen molar-refractivity contribution in [1.29, 1.82) is 0 Å². The summed E-state index contributed by atoms with van der Waals surface area (Å²) in [6, 6.07) is 7.59. The van der Waals surface area contributed by atoms with Gasteiger partial charge in [-0.2, -0.15) is 0 Å². The highest BCUT2D eigenvalue weighted by Crippen LogP contribution is 2.16. The normalized spacial score (nSPS) is 9.36. The zero-order chi connectivity index (χ0) is 8.27. The van der Waals surface area contributed by atoms with Crippen LogP contribution >= 0.6 is 0 Å². The first-order valence-corrected chi connectivity index (χ1v) is 3.60. The molecule has 1 rings (SSSR count). The molecule has 0 aliphatic carbocycles. The van der Waals surface area contributed by atoms with Crippen LogP contribution in [0.15, 0.2) is 24.3 Å². The first-order valence-electron chi connectivity index (χ1n) is 3.60. The van der Waals surface area contributed by atoms with E-state index in [0.717, 1.165) is 11.3 Å². The Hall–Kier alpha value is -0.955. The maximum Gasteiger partial charge on any atom is 0.519 e. The second kappa shape index (κ2) is 3.44. The second-order valence-electron chi connectivity index (χ2n) is 2.48. The molecule has 0 unspecified atom stereocenters. The van der Waals surface area contributed by atoms with Gasteiger partial charge in [0, 0.05) is 0 Å².